The van der Waals surface area contributed by atoms with E-state index in [0.29, 0.717) is 10.6 Å². The first-order valence-electron chi connectivity index (χ1n) is 6.69. The van der Waals surface area contributed by atoms with Crippen molar-refractivity contribution in [1.29, 1.82) is 0 Å². The first-order valence-corrected chi connectivity index (χ1v) is 8.13. The van der Waals surface area contributed by atoms with Gasteiger partial charge in [0.25, 0.3) is 0 Å². The third kappa shape index (κ3) is 2.13. The third-order valence-corrected chi connectivity index (χ3v) is 5.72. The monoisotopic (exact) mass is 298 g/mol. The SMILES string of the molecule is Cc1ccc(S(=O)(=O)[N+]2(c3ccccc3)C=CC=C2)cc1. The van der Waals surface area contributed by atoms with E-state index >= 15 is 0 Å². The van der Waals surface area contributed by atoms with Crippen molar-refractivity contribution in [3.05, 3.63) is 84.7 Å². The van der Waals surface area contributed by atoms with Gasteiger partial charge in [0, 0.05) is 12.1 Å². The number of para-hydroxylation sites is 1. The zero-order valence-corrected chi connectivity index (χ0v) is 12.5. The Morgan fingerprint density at radius 2 is 1.38 bits per heavy atom. The first-order chi connectivity index (χ1) is 10.1. The van der Waals surface area contributed by atoms with E-state index in [-0.39, 0.29) is 3.89 Å². The molecule has 0 bridgehead atoms. The number of hydrogen-bond donors (Lipinski definition) is 0. The molecular formula is C17H16NO2S+. The van der Waals surface area contributed by atoms with Gasteiger partial charge >= 0.3 is 10.0 Å². The Balaban J connectivity index is 2.21. The molecule has 1 aliphatic rings. The zero-order chi connectivity index (χ0) is 14.9. The van der Waals surface area contributed by atoms with Crippen molar-refractivity contribution in [3.63, 3.8) is 0 Å². The van der Waals surface area contributed by atoms with Crippen LogP contribution >= 0.6 is 0 Å². The Kier molecular flexibility index (Phi) is 3.27. The topological polar surface area (TPSA) is 34.1 Å². The number of hydrogen-bond acceptors (Lipinski definition) is 2. The summed E-state index contributed by atoms with van der Waals surface area (Å²) in [5.74, 6) is 0. The lowest BCUT2D eigenvalue weighted by Crippen LogP contribution is -2.42. The minimum Gasteiger partial charge on any atom is -0.167 e. The molecule has 0 spiro atoms. The van der Waals surface area contributed by atoms with Gasteiger partial charge in [0.2, 0.25) is 0 Å². The molecule has 0 amide bonds. The van der Waals surface area contributed by atoms with Crippen LogP contribution in [0.3, 0.4) is 0 Å². The Bertz CT molecular complexity index is 792. The van der Waals surface area contributed by atoms with Gasteiger partial charge in [-0.2, -0.15) is 8.42 Å². The van der Waals surface area contributed by atoms with Crippen molar-refractivity contribution in [2.45, 2.75) is 11.8 Å². The van der Waals surface area contributed by atoms with Crippen LogP contribution in [0, 0.1) is 6.92 Å². The lowest BCUT2D eigenvalue weighted by atomic mass is 10.2. The second-order valence-corrected chi connectivity index (χ2v) is 7.04. The van der Waals surface area contributed by atoms with Crippen LogP contribution in [0.1, 0.15) is 5.56 Å². The van der Waals surface area contributed by atoms with E-state index in [2.05, 4.69) is 0 Å². The second kappa shape index (κ2) is 4.98. The third-order valence-electron chi connectivity index (χ3n) is 3.60. The molecule has 2 aromatic rings. The number of quaternary nitrogens is 1. The Labute approximate surface area is 125 Å². The van der Waals surface area contributed by atoms with Crippen molar-refractivity contribution in [1.82, 2.24) is 3.89 Å². The van der Waals surface area contributed by atoms with Gasteiger partial charge in [0.1, 0.15) is 17.3 Å². The molecular weight excluding hydrogens is 282 g/mol. The summed E-state index contributed by atoms with van der Waals surface area (Å²) in [5, 5.41) is 0. The van der Waals surface area contributed by atoms with Crippen LogP contribution in [-0.2, 0) is 10.0 Å². The molecule has 2 aromatic carbocycles. The van der Waals surface area contributed by atoms with Crippen LogP contribution in [0.25, 0.3) is 0 Å². The molecule has 1 aliphatic heterocycles. The van der Waals surface area contributed by atoms with E-state index in [1.807, 2.05) is 49.4 Å². The van der Waals surface area contributed by atoms with Crippen molar-refractivity contribution in [3.8, 4) is 0 Å². The number of benzene rings is 2. The number of rotatable bonds is 3. The predicted octanol–water partition coefficient (Wildman–Crippen LogP) is 3.73. The maximum atomic E-state index is 13.1. The minimum absolute atomic E-state index is 0.309. The maximum Gasteiger partial charge on any atom is 0.340 e. The van der Waals surface area contributed by atoms with E-state index in [9.17, 15) is 8.42 Å². The van der Waals surface area contributed by atoms with Gasteiger partial charge < -0.3 is 0 Å². The molecule has 0 atom stereocenters. The summed E-state index contributed by atoms with van der Waals surface area (Å²) in [5.41, 5.74) is 1.73. The van der Waals surface area contributed by atoms with Gasteiger partial charge in [-0.15, -0.1) is 3.89 Å². The summed E-state index contributed by atoms with van der Waals surface area (Å²) >= 11 is 0. The number of aryl methyl sites for hydroxylation is 1. The fourth-order valence-electron chi connectivity index (χ4n) is 2.42. The van der Waals surface area contributed by atoms with Gasteiger partial charge in [0.05, 0.1) is 0 Å². The zero-order valence-electron chi connectivity index (χ0n) is 11.7. The molecule has 4 heteroatoms. The average molecular weight is 298 g/mol. The van der Waals surface area contributed by atoms with Gasteiger partial charge in [0.15, 0.2) is 5.69 Å². The van der Waals surface area contributed by atoms with E-state index in [0.717, 1.165) is 5.56 Å². The van der Waals surface area contributed by atoms with Crippen LogP contribution in [0.15, 0.2) is 84.0 Å². The number of allylic oxidation sites excluding steroid dienone is 2. The molecule has 3 nitrogen and oxygen atoms in total. The van der Waals surface area contributed by atoms with Gasteiger partial charge in [-0.3, -0.25) is 0 Å². The summed E-state index contributed by atoms with van der Waals surface area (Å²) < 4.78 is 26.0. The fraction of sp³-hybridized carbons (Fsp3) is 0.0588. The standard InChI is InChI=1S/C17H16NO2S/c1-15-9-11-17(12-10-15)21(19,20)18(13-5-6-14-18)16-7-3-2-4-8-16/h2-14H,1H3/q+1. The molecule has 0 radical (unpaired) electrons. The number of nitrogens with zero attached hydrogens (tertiary/aromatic N) is 1. The van der Waals surface area contributed by atoms with E-state index in [1.54, 1.807) is 36.7 Å². The second-order valence-electron chi connectivity index (χ2n) is 5.02. The van der Waals surface area contributed by atoms with Crippen LogP contribution in [0.5, 0.6) is 0 Å². The lowest BCUT2D eigenvalue weighted by molar-refractivity contribution is 0.549. The van der Waals surface area contributed by atoms with Crippen LogP contribution in [0.2, 0.25) is 0 Å². The molecule has 0 aliphatic carbocycles. The highest BCUT2D eigenvalue weighted by Crippen LogP contribution is 2.35. The quantitative estimate of drug-likeness (QED) is 0.809. The molecule has 0 fully saturated rings. The van der Waals surface area contributed by atoms with E-state index < -0.39 is 10.0 Å². The molecule has 1 heterocycles. The van der Waals surface area contributed by atoms with Crippen molar-refractivity contribution >= 4 is 15.7 Å². The summed E-state index contributed by atoms with van der Waals surface area (Å²) in [6.07, 6.45) is 6.90. The Morgan fingerprint density at radius 3 is 1.95 bits per heavy atom. The molecule has 3 rings (SSSR count). The maximum absolute atomic E-state index is 13.1. The Morgan fingerprint density at radius 1 is 0.810 bits per heavy atom. The molecule has 0 saturated carbocycles. The summed E-state index contributed by atoms with van der Waals surface area (Å²) in [4.78, 5) is 0.313. The summed E-state index contributed by atoms with van der Waals surface area (Å²) in [6.45, 7) is 1.94. The molecule has 0 N–H and O–H groups in total. The largest absolute Gasteiger partial charge is 0.340 e. The van der Waals surface area contributed by atoms with E-state index in [1.165, 1.54) is 0 Å². The van der Waals surface area contributed by atoms with Crippen LogP contribution in [0.4, 0.5) is 5.69 Å². The fourth-order valence-corrected chi connectivity index (χ4v) is 4.11. The van der Waals surface area contributed by atoms with E-state index in [4.69, 9.17) is 0 Å². The normalized spacial score (nSPS) is 16.2. The molecule has 0 unspecified atom stereocenters. The molecule has 21 heavy (non-hydrogen) atoms. The minimum atomic E-state index is -3.61. The highest BCUT2D eigenvalue weighted by molar-refractivity contribution is 7.91. The smallest absolute Gasteiger partial charge is 0.167 e. The molecule has 106 valence electrons. The lowest BCUT2D eigenvalue weighted by Gasteiger charge is -2.27. The van der Waals surface area contributed by atoms with Crippen molar-refractivity contribution in [2.24, 2.45) is 0 Å². The van der Waals surface area contributed by atoms with Crippen LogP contribution < -0.4 is 3.89 Å². The van der Waals surface area contributed by atoms with Gasteiger partial charge in [-0.05, 0) is 31.2 Å². The van der Waals surface area contributed by atoms with Crippen LogP contribution in [-0.4, -0.2) is 8.42 Å². The predicted molar refractivity (Wildman–Crippen MR) is 84.9 cm³/mol. The number of sulfonamides is 1. The van der Waals surface area contributed by atoms with Crippen molar-refractivity contribution < 1.29 is 8.42 Å². The molecule has 0 saturated heterocycles. The van der Waals surface area contributed by atoms with Gasteiger partial charge in [-0.1, -0.05) is 35.9 Å². The summed E-state index contributed by atoms with van der Waals surface area (Å²) in [7, 11) is -3.61. The Hall–Kier alpha value is -2.17. The molecule has 0 aromatic heterocycles. The van der Waals surface area contributed by atoms with Crippen molar-refractivity contribution in [2.75, 3.05) is 0 Å². The first kappa shape index (κ1) is 13.8. The highest BCUT2D eigenvalue weighted by atomic mass is 32.2. The average Bonchev–Trinajstić information content (AvgIpc) is 3.00. The van der Waals surface area contributed by atoms with Gasteiger partial charge in [-0.25, -0.2) is 0 Å². The highest BCUT2D eigenvalue weighted by Gasteiger charge is 2.43. The summed E-state index contributed by atoms with van der Waals surface area (Å²) in [6, 6.07) is 16.2.